The molecule has 0 bridgehead atoms. The molecule has 0 aliphatic heterocycles. The number of nitrogens with one attached hydrogen (secondary N) is 1. The number of benzene rings is 2. The highest BCUT2D eigenvalue weighted by molar-refractivity contribution is 6.04. The molecule has 160 valence electrons. The summed E-state index contributed by atoms with van der Waals surface area (Å²) in [5.74, 6) is 0.0281. The number of nitrogens with zero attached hydrogens (tertiary/aromatic N) is 2. The molecule has 31 heavy (non-hydrogen) atoms. The van der Waals surface area contributed by atoms with Crippen molar-refractivity contribution in [2.75, 3.05) is 16.8 Å². The minimum atomic E-state index is -0.531. The van der Waals surface area contributed by atoms with Gasteiger partial charge in [-0.2, -0.15) is 0 Å². The highest BCUT2D eigenvalue weighted by atomic mass is 16.5. The zero-order valence-electron chi connectivity index (χ0n) is 17.8. The number of aromatic nitrogens is 1. The van der Waals surface area contributed by atoms with Crippen LogP contribution in [0.4, 0.5) is 11.4 Å². The normalized spacial score (nSPS) is 10.6. The number of amides is 2. The maximum absolute atomic E-state index is 12.5. The van der Waals surface area contributed by atoms with E-state index < -0.39 is 5.91 Å². The maximum Gasteiger partial charge on any atom is 0.255 e. The fraction of sp³-hybridized carbons (Fsp3) is 0.208. The summed E-state index contributed by atoms with van der Waals surface area (Å²) in [7, 11) is 0. The van der Waals surface area contributed by atoms with Gasteiger partial charge < -0.3 is 20.7 Å². The van der Waals surface area contributed by atoms with E-state index in [2.05, 4.69) is 36.0 Å². The molecule has 3 rings (SSSR count). The van der Waals surface area contributed by atoms with Gasteiger partial charge in [-0.3, -0.25) is 9.59 Å². The fourth-order valence-corrected chi connectivity index (χ4v) is 3.20. The largest absolute Gasteiger partial charge is 0.439 e. The Hall–Kier alpha value is -3.87. The zero-order valence-corrected chi connectivity index (χ0v) is 17.8. The highest BCUT2D eigenvalue weighted by Crippen LogP contribution is 2.22. The fourth-order valence-electron chi connectivity index (χ4n) is 3.20. The standard InChI is InChI=1S/C24H26N4O3/c1-4-28(16(2)3)20-11-8-17(9-12-20)24(30)27-19-10-13-22(26-15-19)31-21-7-5-6-18(14-21)23(25)29/h5-16H,4H2,1-3H3,(H2,25,29)(H,27,30). The Morgan fingerprint density at radius 1 is 1.06 bits per heavy atom. The molecular formula is C24H26N4O3. The van der Waals surface area contributed by atoms with Crippen LogP contribution in [0.1, 0.15) is 41.5 Å². The summed E-state index contributed by atoms with van der Waals surface area (Å²) >= 11 is 0. The van der Waals surface area contributed by atoms with E-state index >= 15 is 0 Å². The molecule has 3 N–H and O–H groups in total. The van der Waals surface area contributed by atoms with Crippen molar-refractivity contribution in [1.29, 1.82) is 0 Å². The first-order chi connectivity index (χ1) is 14.9. The molecule has 0 saturated heterocycles. The van der Waals surface area contributed by atoms with Gasteiger partial charge >= 0.3 is 0 Å². The van der Waals surface area contributed by atoms with Gasteiger partial charge in [0, 0.05) is 35.5 Å². The molecule has 2 amide bonds. The molecule has 7 nitrogen and oxygen atoms in total. The molecule has 3 aromatic rings. The molecule has 0 spiro atoms. The molecule has 0 atom stereocenters. The topological polar surface area (TPSA) is 97.5 Å². The monoisotopic (exact) mass is 418 g/mol. The van der Waals surface area contributed by atoms with Gasteiger partial charge in [-0.25, -0.2) is 4.98 Å². The third kappa shape index (κ3) is 5.60. The summed E-state index contributed by atoms with van der Waals surface area (Å²) in [5, 5.41) is 2.83. The summed E-state index contributed by atoms with van der Waals surface area (Å²) in [5.41, 5.74) is 7.82. The van der Waals surface area contributed by atoms with E-state index in [1.165, 1.54) is 6.20 Å². The lowest BCUT2D eigenvalue weighted by Crippen LogP contribution is -2.30. The molecule has 0 unspecified atom stereocenters. The second-order valence-corrected chi connectivity index (χ2v) is 7.26. The van der Waals surface area contributed by atoms with Crippen LogP contribution in [-0.4, -0.2) is 29.4 Å². The first-order valence-electron chi connectivity index (χ1n) is 10.1. The third-order valence-electron chi connectivity index (χ3n) is 4.76. The molecule has 1 aromatic heterocycles. The van der Waals surface area contributed by atoms with Crippen LogP contribution >= 0.6 is 0 Å². The van der Waals surface area contributed by atoms with Crippen LogP contribution in [0.2, 0.25) is 0 Å². The minimum absolute atomic E-state index is 0.219. The lowest BCUT2D eigenvalue weighted by molar-refractivity contribution is 0.0997. The molecule has 0 aliphatic rings. The highest BCUT2D eigenvalue weighted by Gasteiger charge is 2.11. The van der Waals surface area contributed by atoms with Crippen LogP contribution in [-0.2, 0) is 0 Å². The summed E-state index contributed by atoms with van der Waals surface area (Å²) < 4.78 is 5.64. The van der Waals surface area contributed by atoms with E-state index in [0.717, 1.165) is 12.2 Å². The number of hydrogen-bond acceptors (Lipinski definition) is 5. The van der Waals surface area contributed by atoms with Gasteiger partial charge in [0.25, 0.3) is 5.91 Å². The number of primary amides is 1. The molecule has 0 radical (unpaired) electrons. The van der Waals surface area contributed by atoms with Crippen molar-refractivity contribution in [1.82, 2.24) is 4.98 Å². The van der Waals surface area contributed by atoms with Crippen LogP contribution in [0.15, 0.2) is 66.9 Å². The number of carbonyl (C=O) groups is 2. The number of nitrogens with two attached hydrogens (primary N) is 1. The summed E-state index contributed by atoms with van der Waals surface area (Å²) in [6, 6.07) is 17.8. The van der Waals surface area contributed by atoms with Crippen LogP contribution in [0.5, 0.6) is 11.6 Å². The Morgan fingerprint density at radius 3 is 2.39 bits per heavy atom. The SMILES string of the molecule is CCN(c1ccc(C(=O)Nc2ccc(Oc3cccc(C(N)=O)c3)nc2)cc1)C(C)C. The number of hydrogen-bond donors (Lipinski definition) is 2. The van der Waals surface area contributed by atoms with E-state index in [-0.39, 0.29) is 5.91 Å². The first kappa shape index (κ1) is 21.8. The second-order valence-electron chi connectivity index (χ2n) is 7.26. The first-order valence-corrected chi connectivity index (χ1v) is 10.1. The van der Waals surface area contributed by atoms with Crippen molar-refractivity contribution in [3.05, 3.63) is 78.0 Å². The average molecular weight is 418 g/mol. The quantitative estimate of drug-likeness (QED) is 0.563. The van der Waals surface area contributed by atoms with Crippen molar-refractivity contribution >= 4 is 23.2 Å². The molecule has 1 heterocycles. The van der Waals surface area contributed by atoms with Crippen LogP contribution in [0.3, 0.4) is 0 Å². The number of anilines is 2. The van der Waals surface area contributed by atoms with Gasteiger partial charge in [-0.15, -0.1) is 0 Å². The van der Waals surface area contributed by atoms with Crippen molar-refractivity contribution in [3.63, 3.8) is 0 Å². The Bertz CT molecular complexity index is 1050. The van der Waals surface area contributed by atoms with Crippen molar-refractivity contribution in [2.24, 2.45) is 5.73 Å². The smallest absolute Gasteiger partial charge is 0.255 e. The number of carbonyl (C=O) groups excluding carboxylic acids is 2. The van der Waals surface area contributed by atoms with Crippen molar-refractivity contribution < 1.29 is 14.3 Å². The average Bonchev–Trinajstić information content (AvgIpc) is 2.76. The van der Waals surface area contributed by atoms with E-state index in [1.807, 2.05) is 24.3 Å². The van der Waals surface area contributed by atoms with E-state index in [9.17, 15) is 9.59 Å². The van der Waals surface area contributed by atoms with Crippen LogP contribution < -0.4 is 20.7 Å². The van der Waals surface area contributed by atoms with Gasteiger partial charge in [0.1, 0.15) is 5.75 Å². The van der Waals surface area contributed by atoms with Crippen molar-refractivity contribution in [3.8, 4) is 11.6 Å². The zero-order chi connectivity index (χ0) is 22.4. The Morgan fingerprint density at radius 2 is 1.81 bits per heavy atom. The van der Waals surface area contributed by atoms with Gasteiger partial charge in [-0.05, 0) is 69.3 Å². The van der Waals surface area contributed by atoms with E-state index in [4.69, 9.17) is 10.5 Å². The van der Waals surface area contributed by atoms with Crippen LogP contribution in [0, 0.1) is 0 Å². The Labute approximate surface area is 181 Å². The Kier molecular flexibility index (Phi) is 6.87. The predicted octanol–water partition coefficient (Wildman–Crippen LogP) is 4.46. The molecule has 0 aliphatic carbocycles. The van der Waals surface area contributed by atoms with Crippen LogP contribution in [0.25, 0.3) is 0 Å². The lowest BCUT2D eigenvalue weighted by atomic mass is 10.1. The van der Waals surface area contributed by atoms with Gasteiger partial charge in [0.05, 0.1) is 11.9 Å². The number of ether oxygens (including phenoxy) is 1. The minimum Gasteiger partial charge on any atom is -0.439 e. The van der Waals surface area contributed by atoms with E-state index in [1.54, 1.807) is 36.4 Å². The van der Waals surface area contributed by atoms with Gasteiger partial charge in [-0.1, -0.05) is 6.07 Å². The lowest BCUT2D eigenvalue weighted by Gasteiger charge is -2.27. The van der Waals surface area contributed by atoms with E-state index in [0.29, 0.717) is 34.5 Å². The summed E-state index contributed by atoms with van der Waals surface area (Å²) in [6.07, 6.45) is 1.51. The number of pyridine rings is 1. The molecular weight excluding hydrogens is 392 g/mol. The molecule has 7 heteroatoms. The third-order valence-corrected chi connectivity index (χ3v) is 4.76. The molecule has 0 fully saturated rings. The molecule has 0 saturated carbocycles. The second kappa shape index (κ2) is 9.75. The summed E-state index contributed by atoms with van der Waals surface area (Å²) in [6.45, 7) is 7.28. The van der Waals surface area contributed by atoms with Gasteiger partial charge in [0.15, 0.2) is 0 Å². The van der Waals surface area contributed by atoms with Crippen molar-refractivity contribution in [2.45, 2.75) is 26.8 Å². The van der Waals surface area contributed by atoms with Gasteiger partial charge in [0.2, 0.25) is 11.8 Å². The molecule has 2 aromatic carbocycles. The Balaban J connectivity index is 1.63. The summed E-state index contributed by atoms with van der Waals surface area (Å²) in [4.78, 5) is 30.3. The maximum atomic E-state index is 12.5. The predicted molar refractivity (Wildman–Crippen MR) is 122 cm³/mol. The number of rotatable bonds is 8.